The van der Waals surface area contributed by atoms with E-state index in [9.17, 15) is 9.90 Å². The minimum absolute atomic E-state index is 0.0163. The van der Waals surface area contributed by atoms with Crippen molar-refractivity contribution in [1.82, 2.24) is 0 Å². The van der Waals surface area contributed by atoms with Crippen LogP contribution in [0.15, 0.2) is 11.6 Å². The molecule has 3 rings (SSSR count). The number of aliphatic hydroxyl groups is 1. The summed E-state index contributed by atoms with van der Waals surface area (Å²) < 4.78 is 5.64. The van der Waals surface area contributed by atoms with Crippen molar-refractivity contribution in [1.29, 1.82) is 0 Å². The van der Waals surface area contributed by atoms with Crippen LogP contribution in [0.2, 0.25) is 0 Å². The zero-order valence-electron chi connectivity index (χ0n) is 11.3. The lowest BCUT2D eigenvalue weighted by Gasteiger charge is -2.51. The Bertz CT molecular complexity index is 414. The number of carbonyl (C=O) groups is 1. The Morgan fingerprint density at radius 3 is 2.94 bits per heavy atom. The molecular weight excluding hydrogens is 228 g/mol. The summed E-state index contributed by atoms with van der Waals surface area (Å²) in [6.45, 7) is 6.26. The van der Waals surface area contributed by atoms with Crippen molar-refractivity contribution in [3.8, 4) is 0 Å². The first-order valence-electron chi connectivity index (χ1n) is 7.00. The number of esters is 1. The summed E-state index contributed by atoms with van der Waals surface area (Å²) in [6, 6.07) is 0. The molecule has 0 radical (unpaired) electrons. The summed E-state index contributed by atoms with van der Waals surface area (Å²) >= 11 is 0. The molecule has 1 heterocycles. The highest BCUT2D eigenvalue weighted by Gasteiger charge is 2.58. The highest BCUT2D eigenvalue weighted by molar-refractivity contribution is 5.75. The molecule has 0 aromatic carbocycles. The zero-order valence-corrected chi connectivity index (χ0v) is 11.3. The van der Waals surface area contributed by atoms with Gasteiger partial charge in [0.1, 0.15) is 6.10 Å². The molecule has 2 aliphatic carbocycles. The fraction of sp³-hybridized carbons (Fsp3) is 0.800. The number of hydrogen-bond donors (Lipinski definition) is 1. The monoisotopic (exact) mass is 250 g/mol. The minimum atomic E-state index is -0.304. The third kappa shape index (κ3) is 1.43. The van der Waals surface area contributed by atoms with Crippen LogP contribution in [0.25, 0.3) is 0 Å². The molecule has 0 amide bonds. The molecular formula is C15H22O3. The molecule has 0 unspecified atom stereocenters. The summed E-state index contributed by atoms with van der Waals surface area (Å²) in [5, 5.41) is 10.3. The van der Waals surface area contributed by atoms with E-state index in [1.54, 1.807) is 0 Å². The Morgan fingerprint density at radius 1 is 1.50 bits per heavy atom. The fourth-order valence-electron chi connectivity index (χ4n) is 4.37. The smallest absolute Gasteiger partial charge is 0.309 e. The predicted octanol–water partition coefficient (Wildman–Crippen LogP) is 2.29. The molecule has 18 heavy (non-hydrogen) atoms. The summed E-state index contributed by atoms with van der Waals surface area (Å²) in [7, 11) is 0. The second-order valence-electron chi connectivity index (χ2n) is 6.58. The van der Waals surface area contributed by atoms with E-state index in [0.29, 0.717) is 5.92 Å². The van der Waals surface area contributed by atoms with Gasteiger partial charge in [-0.25, -0.2) is 0 Å². The van der Waals surface area contributed by atoms with Gasteiger partial charge in [-0.3, -0.25) is 4.79 Å². The summed E-state index contributed by atoms with van der Waals surface area (Å²) in [4.78, 5) is 11.8. The van der Waals surface area contributed by atoms with Crippen LogP contribution < -0.4 is 0 Å². The first-order chi connectivity index (χ1) is 8.45. The van der Waals surface area contributed by atoms with Crippen molar-refractivity contribution >= 4 is 5.97 Å². The molecule has 3 nitrogen and oxygen atoms in total. The zero-order chi connectivity index (χ0) is 13.1. The average Bonchev–Trinajstić information content (AvgIpc) is 2.60. The van der Waals surface area contributed by atoms with Crippen LogP contribution >= 0.6 is 0 Å². The van der Waals surface area contributed by atoms with Crippen LogP contribution in [-0.4, -0.2) is 23.3 Å². The Kier molecular flexibility index (Phi) is 2.60. The fourth-order valence-corrected chi connectivity index (χ4v) is 4.37. The molecule has 2 fully saturated rings. The van der Waals surface area contributed by atoms with Crippen LogP contribution in [0.3, 0.4) is 0 Å². The van der Waals surface area contributed by atoms with Gasteiger partial charge in [0.15, 0.2) is 0 Å². The first kappa shape index (κ1) is 12.2. The van der Waals surface area contributed by atoms with E-state index in [0.717, 1.165) is 19.3 Å². The van der Waals surface area contributed by atoms with Gasteiger partial charge in [-0.15, -0.1) is 0 Å². The molecule has 3 aliphatic rings. The van der Waals surface area contributed by atoms with Crippen molar-refractivity contribution in [2.75, 3.05) is 0 Å². The highest BCUT2D eigenvalue weighted by Crippen LogP contribution is 2.56. The van der Waals surface area contributed by atoms with Crippen molar-refractivity contribution in [2.24, 2.45) is 23.2 Å². The van der Waals surface area contributed by atoms with Crippen LogP contribution in [-0.2, 0) is 9.53 Å². The van der Waals surface area contributed by atoms with Gasteiger partial charge in [0, 0.05) is 17.3 Å². The van der Waals surface area contributed by atoms with E-state index in [2.05, 4.69) is 19.9 Å². The van der Waals surface area contributed by atoms with Crippen LogP contribution in [0, 0.1) is 23.2 Å². The van der Waals surface area contributed by atoms with Crippen LogP contribution in [0.4, 0.5) is 0 Å². The van der Waals surface area contributed by atoms with Gasteiger partial charge in [-0.1, -0.05) is 25.5 Å². The van der Waals surface area contributed by atoms with E-state index in [4.69, 9.17) is 4.74 Å². The molecule has 3 heteroatoms. The number of rotatable bonds is 0. The van der Waals surface area contributed by atoms with Crippen molar-refractivity contribution < 1.29 is 14.6 Å². The second kappa shape index (κ2) is 3.83. The van der Waals surface area contributed by atoms with Crippen LogP contribution in [0.1, 0.15) is 40.0 Å². The van der Waals surface area contributed by atoms with E-state index in [-0.39, 0.29) is 35.4 Å². The lowest BCUT2D eigenvalue weighted by atomic mass is 9.55. The number of ether oxygens (including phenoxy) is 1. The summed E-state index contributed by atoms with van der Waals surface area (Å²) in [5.41, 5.74) is 1.17. The maximum Gasteiger partial charge on any atom is 0.309 e. The number of carbonyl (C=O) groups excluding carboxylic acids is 1. The van der Waals surface area contributed by atoms with Crippen molar-refractivity contribution in [3.63, 3.8) is 0 Å². The lowest BCUT2D eigenvalue weighted by Crippen LogP contribution is -2.52. The van der Waals surface area contributed by atoms with Gasteiger partial charge >= 0.3 is 5.97 Å². The van der Waals surface area contributed by atoms with E-state index in [1.165, 1.54) is 5.57 Å². The molecule has 100 valence electrons. The molecule has 6 atom stereocenters. The SMILES string of the molecule is CC1=CC[C@H](O)[C@@]2(C)CC[C@H]3[C@H](OC(=O)[C@@H]3C)[C@@H]12. The van der Waals surface area contributed by atoms with E-state index in [1.807, 2.05) is 6.92 Å². The molecule has 0 aromatic rings. The van der Waals surface area contributed by atoms with E-state index >= 15 is 0 Å². The van der Waals surface area contributed by atoms with Gasteiger partial charge in [0.05, 0.1) is 12.0 Å². The minimum Gasteiger partial charge on any atom is -0.461 e. The van der Waals surface area contributed by atoms with Gasteiger partial charge < -0.3 is 9.84 Å². The predicted molar refractivity (Wildman–Crippen MR) is 67.7 cm³/mol. The van der Waals surface area contributed by atoms with Gasteiger partial charge in [-0.2, -0.15) is 0 Å². The Labute approximate surface area is 108 Å². The second-order valence-corrected chi connectivity index (χ2v) is 6.58. The Hall–Kier alpha value is -0.830. The standard InChI is InChI=1S/C15H22O3/c1-8-4-5-11(16)15(3)7-6-10-9(2)14(17)18-13(10)12(8)15/h4,9-13,16H,5-7H2,1-3H3/t9-,10-,11+,12-,13+,15-/m1/s1. The van der Waals surface area contributed by atoms with Gasteiger partial charge in [0.2, 0.25) is 0 Å². The third-order valence-corrected chi connectivity index (χ3v) is 5.66. The van der Waals surface area contributed by atoms with Gasteiger partial charge in [0.25, 0.3) is 0 Å². The number of fused-ring (bicyclic) bond motifs is 3. The summed E-state index contributed by atoms with van der Waals surface area (Å²) in [5.74, 6) is 0.506. The average molecular weight is 250 g/mol. The van der Waals surface area contributed by atoms with Crippen LogP contribution in [0.5, 0.6) is 0 Å². The molecule has 1 saturated heterocycles. The molecule has 1 aliphatic heterocycles. The Balaban J connectivity index is 2.00. The van der Waals surface area contributed by atoms with Crippen molar-refractivity contribution in [3.05, 3.63) is 11.6 Å². The summed E-state index contributed by atoms with van der Waals surface area (Å²) in [6.07, 6.45) is 4.52. The molecule has 0 aromatic heterocycles. The maximum atomic E-state index is 11.8. The largest absolute Gasteiger partial charge is 0.461 e. The topological polar surface area (TPSA) is 46.5 Å². The molecule has 1 saturated carbocycles. The molecule has 1 N–H and O–H groups in total. The maximum absolute atomic E-state index is 11.8. The van der Waals surface area contributed by atoms with Gasteiger partial charge in [-0.05, 0) is 26.2 Å². The molecule has 0 spiro atoms. The van der Waals surface area contributed by atoms with Crippen molar-refractivity contribution in [2.45, 2.75) is 52.2 Å². The normalized spacial score (nSPS) is 51.2. The third-order valence-electron chi connectivity index (χ3n) is 5.66. The van der Waals surface area contributed by atoms with E-state index < -0.39 is 0 Å². The Morgan fingerprint density at radius 2 is 2.22 bits per heavy atom. The molecule has 0 bridgehead atoms. The number of aliphatic hydroxyl groups excluding tert-OH is 1. The highest BCUT2D eigenvalue weighted by atomic mass is 16.6. The number of hydrogen-bond acceptors (Lipinski definition) is 3. The lowest BCUT2D eigenvalue weighted by molar-refractivity contribution is -0.151. The first-order valence-corrected chi connectivity index (χ1v) is 7.00. The quantitative estimate of drug-likeness (QED) is 0.530.